The van der Waals surface area contributed by atoms with Crippen molar-refractivity contribution in [3.05, 3.63) is 30.5 Å². The quantitative estimate of drug-likeness (QED) is 0.837. The van der Waals surface area contributed by atoms with Gasteiger partial charge in [-0.15, -0.1) is 0 Å². The highest BCUT2D eigenvalue weighted by atomic mass is 32.2. The van der Waals surface area contributed by atoms with E-state index in [0.717, 1.165) is 15.6 Å². The molecule has 0 saturated heterocycles. The van der Waals surface area contributed by atoms with E-state index in [9.17, 15) is 0 Å². The first kappa shape index (κ1) is 11.8. The van der Waals surface area contributed by atoms with Crippen LogP contribution >= 0.6 is 11.8 Å². The average molecular weight is 247 g/mol. The van der Waals surface area contributed by atoms with Gasteiger partial charge in [0, 0.05) is 18.0 Å². The van der Waals surface area contributed by atoms with Crippen molar-refractivity contribution in [3.63, 3.8) is 0 Å². The number of hydrogen-bond donors (Lipinski definition) is 1. The van der Waals surface area contributed by atoms with Gasteiger partial charge < -0.3 is 5.73 Å². The van der Waals surface area contributed by atoms with E-state index in [1.54, 1.807) is 18.6 Å². The van der Waals surface area contributed by atoms with E-state index in [4.69, 9.17) is 5.73 Å². The van der Waals surface area contributed by atoms with E-state index in [1.165, 1.54) is 18.1 Å². The number of nitrogens with two attached hydrogens (primary N) is 1. The van der Waals surface area contributed by atoms with Crippen LogP contribution in [0.3, 0.4) is 0 Å². The smallest absolute Gasteiger partial charge is 0.131 e. The third-order valence-corrected chi connectivity index (χ3v) is 3.13. The fourth-order valence-corrected chi connectivity index (χ4v) is 2.43. The zero-order valence-corrected chi connectivity index (χ0v) is 10.5. The van der Waals surface area contributed by atoms with Crippen LogP contribution in [0.2, 0.25) is 0 Å². The van der Waals surface area contributed by atoms with Crippen molar-refractivity contribution in [2.75, 3.05) is 5.73 Å². The van der Waals surface area contributed by atoms with Gasteiger partial charge in [-0.25, -0.2) is 15.0 Å². The summed E-state index contributed by atoms with van der Waals surface area (Å²) in [7, 11) is 0. The fourth-order valence-electron chi connectivity index (χ4n) is 1.45. The van der Waals surface area contributed by atoms with Gasteiger partial charge in [-0.2, -0.15) is 0 Å². The van der Waals surface area contributed by atoms with Crippen LogP contribution in [0.5, 0.6) is 0 Å². The monoisotopic (exact) mass is 247 g/mol. The maximum atomic E-state index is 5.88. The van der Waals surface area contributed by atoms with Gasteiger partial charge in [-0.05, 0) is 17.7 Å². The van der Waals surface area contributed by atoms with Crippen LogP contribution in [0, 0.1) is 0 Å². The van der Waals surface area contributed by atoms with Gasteiger partial charge in [0.25, 0.3) is 0 Å². The first-order valence-electron chi connectivity index (χ1n) is 5.22. The van der Waals surface area contributed by atoms with E-state index in [0.29, 0.717) is 5.82 Å². The van der Waals surface area contributed by atoms with Crippen LogP contribution < -0.4 is 5.73 Å². The first-order chi connectivity index (χ1) is 8.18. The van der Waals surface area contributed by atoms with Crippen molar-refractivity contribution < 1.29 is 0 Å². The first-order valence-corrected chi connectivity index (χ1v) is 6.04. The Labute approximate surface area is 104 Å². The molecule has 0 aromatic carbocycles. The predicted molar refractivity (Wildman–Crippen MR) is 66.7 cm³/mol. The molecule has 0 spiro atoms. The molecule has 0 amide bonds. The normalized spacial score (nSPS) is 10.8. The van der Waals surface area contributed by atoms with Crippen molar-refractivity contribution in [3.8, 4) is 0 Å². The molecule has 0 aliphatic heterocycles. The molecule has 88 valence electrons. The Morgan fingerprint density at radius 3 is 2.65 bits per heavy atom. The molecule has 2 aromatic heterocycles. The molecule has 0 aliphatic carbocycles. The number of aromatic nitrogens is 4. The summed E-state index contributed by atoms with van der Waals surface area (Å²) in [4.78, 5) is 16.5. The average Bonchev–Trinajstić information content (AvgIpc) is 2.30. The zero-order chi connectivity index (χ0) is 12.3. The molecular weight excluding hydrogens is 234 g/mol. The second-order valence-electron chi connectivity index (χ2n) is 3.78. The molecular formula is C11H13N5S. The van der Waals surface area contributed by atoms with Crippen LogP contribution in [0.1, 0.15) is 25.3 Å². The van der Waals surface area contributed by atoms with E-state index in [2.05, 4.69) is 33.8 Å². The fraction of sp³-hybridized carbons (Fsp3) is 0.273. The van der Waals surface area contributed by atoms with Crippen LogP contribution in [0.25, 0.3) is 0 Å². The Hall–Kier alpha value is -1.69. The summed E-state index contributed by atoms with van der Waals surface area (Å²) in [5, 5.41) is 1.64. The molecule has 2 aromatic rings. The Kier molecular flexibility index (Phi) is 3.53. The van der Waals surface area contributed by atoms with Crippen LogP contribution in [-0.4, -0.2) is 19.9 Å². The maximum absolute atomic E-state index is 5.88. The Bertz CT molecular complexity index is 500. The largest absolute Gasteiger partial charge is 0.383 e. The van der Waals surface area contributed by atoms with Crippen LogP contribution in [0.15, 0.2) is 35.0 Å². The standard InChI is InChI=1S/C11H13N5S/c1-7(2)9-10(12)15-6-16-11(9)17-8-5-13-3-4-14-8/h3-7H,1-2H3,(H2,12,15,16). The van der Waals surface area contributed by atoms with E-state index >= 15 is 0 Å². The summed E-state index contributed by atoms with van der Waals surface area (Å²) in [6.07, 6.45) is 6.47. The SMILES string of the molecule is CC(C)c1c(N)ncnc1Sc1cnccn1. The second-order valence-corrected chi connectivity index (χ2v) is 4.79. The summed E-state index contributed by atoms with van der Waals surface area (Å²) in [5.41, 5.74) is 6.84. The lowest BCUT2D eigenvalue weighted by molar-refractivity contribution is 0.807. The number of rotatable bonds is 3. The van der Waals surface area contributed by atoms with E-state index in [1.807, 2.05) is 0 Å². The molecule has 0 saturated carbocycles. The summed E-state index contributed by atoms with van der Waals surface area (Å²) in [5.74, 6) is 0.803. The van der Waals surface area contributed by atoms with Gasteiger partial charge in [0.1, 0.15) is 22.2 Å². The van der Waals surface area contributed by atoms with Gasteiger partial charge >= 0.3 is 0 Å². The third-order valence-electron chi connectivity index (χ3n) is 2.20. The highest BCUT2D eigenvalue weighted by molar-refractivity contribution is 7.99. The van der Waals surface area contributed by atoms with Crippen molar-refractivity contribution in [2.45, 2.75) is 29.8 Å². The highest BCUT2D eigenvalue weighted by Gasteiger charge is 2.14. The number of anilines is 1. The number of hydrogen-bond acceptors (Lipinski definition) is 6. The zero-order valence-electron chi connectivity index (χ0n) is 9.66. The maximum Gasteiger partial charge on any atom is 0.131 e. The summed E-state index contributed by atoms with van der Waals surface area (Å²) in [6.45, 7) is 4.13. The number of nitrogen functional groups attached to an aromatic ring is 1. The molecule has 2 N–H and O–H groups in total. The van der Waals surface area contributed by atoms with Crippen molar-refractivity contribution in [2.24, 2.45) is 0 Å². The Morgan fingerprint density at radius 1 is 1.18 bits per heavy atom. The molecule has 0 bridgehead atoms. The molecule has 0 atom stereocenters. The Balaban J connectivity index is 2.36. The lowest BCUT2D eigenvalue weighted by Gasteiger charge is -2.12. The van der Waals surface area contributed by atoms with Crippen molar-refractivity contribution in [1.29, 1.82) is 0 Å². The van der Waals surface area contributed by atoms with Crippen LogP contribution in [0.4, 0.5) is 5.82 Å². The molecule has 0 aliphatic rings. The molecule has 17 heavy (non-hydrogen) atoms. The van der Waals surface area contributed by atoms with E-state index < -0.39 is 0 Å². The van der Waals surface area contributed by atoms with Gasteiger partial charge in [0.2, 0.25) is 0 Å². The molecule has 6 heteroatoms. The molecule has 0 unspecified atom stereocenters. The minimum Gasteiger partial charge on any atom is -0.383 e. The molecule has 2 rings (SSSR count). The third kappa shape index (κ3) is 2.71. The summed E-state index contributed by atoms with van der Waals surface area (Å²) < 4.78 is 0. The minimum atomic E-state index is 0.273. The molecule has 0 radical (unpaired) electrons. The van der Waals surface area contributed by atoms with Crippen LogP contribution in [-0.2, 0) is 0 Å². The predicted octanol–water partition coefficient (Wildman–Crippen LogP) is 2.12. The lowest BCUT2D eigenvalue weighted by atomic mass is 10.1. The van der Waals surface area contributed by atoms with Gasteiger partial charge in [-0.1, -0.05) is 13.8 Å². The molecule has 5 nitrogen and oxygen atoms in total. The summed E-state index contributed by atoms with van der Waals surface area (Å²) >= 11 is 1.45. The molecule has 0 fully saturated rings. The molecule has 2 heterocycles. The lowest BCUT2D eigenvalue weighted by Crippen LogP contribution is -2.03. The Morgan fingerprint density at radius 2 is 2.00 bits per heavy atom. The van der Waals surface area contributed by atoms with Crippen molar-refractivity contribution in [1.82, 2.24) is 19.9 Å². The van der Waals surface area contributed by atoms with E-state index in [-0.39, 0.29) is 5.92 Å². The van der Waals surface area contributed by atoms with Crippen molar-refractivity contribution >= 4 is 17.6 Å². The van der Waals surface area contributed by atoms with Gasteiger partial charge in [0.15, 0.2) is 0 Å². The van der Waals surface area contributed by atoms with Gasteiger partial charge in [-0.3, -0.25) is 4.98 Å². The highest BCUT2D eigenvalue weighted by Crippen LogP contribution is 2.32. The topological polar surface area (TPSA) is 77.6 Å². The summed E-state index contributed by atoms with van der Waals surface area (Å²) in [6, 6.07) is 0. The van der Waals surface area contributed by atoms with Gasteiger partial charge in [0.05, 0.1) is 6.20 Å². The minimum absolute atomic E-state index is 0.273. The second kappa shape index (κ2) is 5.09. The number of nitrogens with zero attached hydrogens (tertiary/aromatic N) is 4.